The first-order valence-electron chi connectivity index (χ1n) is 7.87. The van der Waals surface area contributed by atoms with Gasteiger partial charge in [0.05, 0.1) is 24.3 Å². The highest BCUT2D eigenvalue weighted by atomic mass is 16.2. The number of aromatic nitrogens is 2. The number of carbonyl (C=O) groups excluding carboxylic acids is 2. The molecule has 2 aromatic rings. The van der Waals surface area contributed by atoms with Crippen LogP contribution in [-0.4, -0.2) is 47.1 Å². The number of carbonyl (C=O) groups is 2. The van der Waals surface area contributed by atoms with Gasteiger partial charge in [0.1, 0.15) is 0 Å². The van der Waals surface area contributed by atoms with Crippen molar-refractivity contribution in [3.8, 4) is 0 Å². The molecule has 6 nitrogen and oxygen atoms in total. The summed E-state index contributed by atoms with van der Waals surface area (Å²) in [6.07, 6.45) is 0. The van der Waals surface area contributed by atoms with Gasteiger partial charge in [-0.05, 0) is 26.3 Å². The average Bonchev–Trinajstić information content (AvgIpc) is 2.81. The third-order valence-corrected chi connectivity index (χ3v) is 3.96. The number of hydrogen-bond donors (Lipinski definition) is 1. The molecule has 0 saturated heterocycles. The van der Waals surface area contributed by atoms with Gasteiger partial charge in [-0.25, -0.2) is 0 Å². The topological polar surface area (TPSA) is 67.2 Å². The second-order valence-corrected chi connectivity index (χ2v) is 6.16. The lowest BCUT2D eigenvalue weighted by molar-refractivity contribution is -0.127. The van der Waals surface area contributed by atoms with Crippen LogP contribution in [0.5, 0.6) is 0 Å². The van der Waals surface area contributed by atoms with Gasteiger partial charge in [0.2, 0.25) is 5.91 Å². The normalized spacial score (nSPS) is 10.5. The Morgan fingerprint density at radius 2 is 1.75 bits per heavy atom. The molecule has 2 rings (SSSR count). The lowest BCUT2D eigenvalue weighted by Crippen LogP contribution is -2.36. The van der Waals surface area contributed by atoms with Crippen LogP contribution >= 0.6 is 0 Å². The Morgan fingerprint density at radius 1 is 1.12 bits per heavy atom. The quantitative estimate of drug-likeness (QED) is 0.908. The predicted octanol–water partition coefficient (Wildman–Crippen LogP) is 1.67. The first kappa shape index (κ1) is 17.7. The van der Waals surface area contributed by atoms with Gasteiger partial charge in [0, 0.05) is 19.8 Å². The fraction of sp³-hybridized carbons (Fsp3) is 0.389. The first-order valence-corrected chi connectivity index (χ1v) is 7.87. The summed E-state index contributed by atoms with van der Waals surface area (Å²) in [7, 11) is 3.31. The number of benzene rings is 1. The molecular formula is C18H24N4O2. The van der Waals surface area contributed by atoms with E-state index in [4.69, 9.17) is 0 Å². The Hall–Kier alpha value is -2.63. The number of hydrogen-bond acceptors (Lipinski definition) is 3. The van der Waals surface area contributed by atoms with Crippen LogP contribution in [0.15, 0.2) is 24.3 Å². The third-order valence-electron chi connectivity index (χ3n) is 3.96. The van der Waals surface area contributed by atoms with Gasteiger partial charge in [-0.15, -0.1) is 0 Å². The van der Waals surface area contributed by atoms with E-state index < -0.39 is 0 Å². The van der Waals surface area contributed by atoms with Gasteiger partial charge in [0.25, 0.3) is 5.91 Å². The SMILES string of the molecule is Cc1ccc(Cn2nc(C)c(C(=O)NCC(=O)N(C)C)c2C)cc1. The van der Waals surface area contributed by atoms with Crippen LogP contribution in [0.4, 0.5) is 0 Å². The summed E-state index contributed by atoms with van der Waals surface area (Å²) in [6.45, 7) is 6.31. The number of nitrogens with zero attached hydrogens (tertiary/aromatic N) is 3. The molecule has 24 heavy (non-hydrogen) atoms. The molecule has 2 amide bonds. The smallest absolute Gasteiger partial charge is 0.255 e. The van der Waals surface area contributed by atoms with Crippen molar-refractivity contribution in [2.75, 3.05) is 20.6 Å². The van der Waals surface area contributed by atoms with Gasteiger partial charge in [0.15, 0.2) is 0 Å². The van der Waals surface area contributed by atoms with E-state index in [0.717, 1.165) is 11.3 Å². The van der Waals surface area contributed by atoms with Crippen molar-refractivity contribution in [3.05, 3.63) is 52.3 Å². The number of amides is 2. The summed E-state index contributed by atoms with van der Waals surface area (Å²) in [6, 6.07) is 8.23. The molecule has 0 spiro atoms. The number of aryl methyl sites for hydroxylation is 2. The maximum absolute atomic E-state index is 12.4. The second kappa shape index (κ2) is 7.29. The minimum Gasteiger partial charge on any atom is -0.347 e. The molecule has 1 aromatic carbocycles. The van der Waals surface area contributed by atoms with Crippen molar-refractivity contribution in [1.82, 2.24) is 20.0 Å². The van der Waals surface area contributed by atoms with E-state index in [1.54, 1.807) is 21.0 Å². The highest BCUT2D eigenvalue weighted by Gasteiger charge is 2.19. The summed E-state index contributed by atoms with van der Waals surface area (Å²) in [4.78, 5) is 25.4. The van der Waals surface area contributed by atoms with Gasteiger partial charge in [-0.1, -0.05) is 29.8 Å². The lowest BCUT2D eigenvalue weighted by atomic mass is 10.1. The molecule has 0 saturated carbocycles. The minimum absolute atomic E-state index is 0.0200. The molecule has 128 valence electrons. The molecule has 1 N–H and O–H groups in total. The fourth-order valence-electron chi connectivity index (χ4n) is 2.45. The summed E-state index contributed by atoms with van der Waals surface area (Å²) >= 11 is 0. The average molecular weight is 328 g/mol. The van der Waals surface area contributed by atoms with Crippen LogP contribution in [0, 0.1) is 20.8 Å². The van der Waals surface area contributed by atoms with Crippen molar-refractivity contribution in [3.63, 3.8) is 0 Å². The minimum atomic E-state index is -0.268. The molecule has 0 aliphatic heterocycles. The molecule has 1 heterocycles. The van der Waals surface area contributed by atoms with Crippen molar-refractivity contribution >= 4 is 11.8 Å². The van der Waals surface area contributed by atoms with E-state index in [0.29, 0.717) is 17.8 Å². The standard InChI is InChI=1S/C18H24N4O2/c1-12-6-8-15(9-7-12)11-22-14(3)17(13(2)20-22)18(24)19-10-16(23)21(4)5/h6-9H,10-11H2,1-5H3,(H,19,24). The van der Waals surface area contributed by atoms with Crippen LogP contribution in [0.2, 0.25) is 0 Å². The highest BCUT2D eigenvalue weighted by molar-refractivity contribution is 5.98. The summed E-state index contributed by atoms with van der Waals surface area (Å²) in [5.41, 5.74) is 4.32. The Morgan fingerprint density at radius 3 is 2.33 bits per heavy atom. The Labute approximate surface area is 142 Å². The molecule has 0 aliphatic carbocycles. The van der Waals surface area contributed by atoms with E-state index in [-0.39, 0.29) is 18.4 Å². The summed E-state index contributed by atoms with van der Waals surface area (Å²) < 4.78 is 1.82. The van der Waals surface area contributed by atoms with Gasteiger partial charge in [-0.2, -0.15) is 5.10 Å². The van der Waals surface area contributed by atoms with Crippen LogP contribution in [0.3, 0.4) is 0 Å². The Balaban J connectivity index is 2.14. The van der Waals surface area contributed by atoms with Crippen LogP contribution in [-0.2, 0) is 11.3 Å². The molecular weight excluding hydrogens is 304 g/mol. The molecule has 0 atom stereocenters. The van der Waals surface area contributed by atoms with Crippen molar-refractivity contribution in [2.24, 2.45) is 0 Å². The number of nitrogens with one attached hydrogen (secondary N) is 1. The van der Waals surface area contributed by atoms with Crippen molar-refractivity contribution < 1.29 is 9.59 Å². The Kier molecular flexibility index (Phi) is 5.39. The fourth-order valence-corrected chi connectivity index (χ4v) is 2.45. The first-order chi connectivity index (χ1) is 11.3. The lowest BCUT2D eigenvalue weighted by Gasteiger charge is -2.11. The van der Waals surface area contributed by atoms with E-state index in [1.807, 2.05) is 18.5 Å². The van der Waals surface area contributed by atoms with Gasteiger partial charge < -0.3 is 10.2 Å². The molecule has 0 unspecified atom stereocenters. The molecule has 0 radical (unpaired) electrons. The summed E-state index contributed by atoms with van der Waals surface area (Å²) in [5.74, 6) is -0.416. The molecule has 0 fully saturated rings. The van der Waals surface area contributed by atoms with Crippen LogP contribution in [0.1, 0.15) is 32.9 Å². The van der Waals surface area contributed by atoms with Gasteiger partial charge >= 0.3 is 0 Å². The number of rotatable bonds is 5. The Bertz CT molecular complexity index is 745. The monoisotopic (exact) mass is 328 g/mol. The van der Waals surface area contributed by atoms with Crippen LogP contribution < -0.4 is 5.32 Å². The molecule has 6 heteroatoms. The molecule has 0 aliphatic rings. The van der Waals surface area contributed by atoms with E-state index in [2.05, 4.69) is 34.7 Å². The predicted molar refractivity (Wildman–Crippen MR) is 93.0 cm³/mol. The summed E-state index contributed by atoms with van der Waals surface area (Å²) in [5, 5.41) is 7.13. The van der Waals surface area contributed by atoms with E-state index >= 15 is 0 Å². The maximum atomic E-state index is 12.4. The number of likely N-dealkylation sites (N-methyl/N-ethyl adjacent to an activating group) is 1. The largest absolute Gasteiger partial charge is 0.347 e. The second-order valence-electron chi connectivity index (χ2n) is 6.16. The maximum Gasteiger partial charge on any atom is 0.255 e. The van der Waals surface area contributed by atoms with E-state index in [1.165, 1.54) is 10.5 Å². The van der Waals surface area contributed by atoms with Crippen molar-refractivity contribution in [2.45, 2.75) is 27.3 Å². The highest BCUT2D eigenvalue weighted by Crippen LogP contribution is 2.15. The zero-order valence-corrected chi connectivity index (χ0v) is 14.9. The van der Waals surface area contributed by atoms with Crippen molar-refractivity contribution in [1.29, 1.82) is 0 Å². The van der Waals surface area contributed by atoms with Gasteiger partial charge in [-0.3, -0.25) is 14.3 Å². The van der Waals surface area contributed by atoms with E-state index in [9.17, 15) is 9.59 Å². The zero-order valence-electron chi connectivity index (χ0n) is 14.9. The molecule has 0 bridgehead atoms. The van der Waals surface area contributed by atoms with Crippen LogP contribution in [0.25, 0.3) is 0 Å². The zero-order chi connectivity index (χ0) is 17.9. The third kappa shape index (κ3) is 4.01. The molecule has 1 aromatic heterocycles.